The van der Waals surface area contributed by atoms with Gasteiger partial charge in [-0.1, -0.05) is 36.6 Å². The molecule has 2 aliphatic carbocycles. The molecule has 0 saturated heterocycles. The van der Waals surface area contributed by atoms with Crippen LogP contribution in [0.4, 0.5) is 0 Å². The van der Waals surface area contributed by atoms with Gasteiger partial charge >= 0.3 is 0 Å². The maximum Gasteiger partial charge on any atom is 0.125 e. The molecule has 2 aromatic rings. The third-order valence-corrected chi connectivity index (χ3v) is 6.07. The highest BCUT2D eigenvalue weighted by Gasteiger charge is 2.50. The molecule has 0 spiro atoms. The van der Waals surface area contributed by atoms with Gasteiger partial charge in [-0.2, -0.15) is 0 Å². The molecule has 4 atom stereocenters. The van der Waals surface area contributed by atoms with Crippen LogP contribution in [0, 0.1) is 18.8 Å². The standard InChI is InChI=1S/C20H24ClN3/c1-13-22-10-14(11-23-13)12-24-20-18-5-3-2-4-17(18)19(20)15-6-8-16(21)9-7-15/h6-11,17-20,24H,2-5,12H2,1H3/t17?,18?,19-,20-/m0/s1. The molecule has 4 rings (SSSR count). The second-order valence-corrected chi connectivity index (χ2v) is 7.67. The molecule has 0 aliphatic heterocycles. The molecule has 126 valence electrons. The van der Waals surface area contributed by atoms with Crippen LogP contribution in [0.5, 0.6) is 0 Å². The van der Waals surface area contributed by atoms with Crippen molar-refractivity contribution in [1.29, 1.82) is 0 Å². The number of nitrogens with one attached hydrogen (secondary N) is 1. The van der Waals surface area contributed by atoms with Crippen molar-refractivity contribution in [2.45, 2.75) is 51.1 Å². The molecular formula is C20H24ClN3. The van der Waals surface area contributed by atoms with Crippen molar-refractivity contribution in [3.05, 3.63) is 58.6 Å². The zero-order valence-electron chi connectivity index (χ0n) is 14.1. The first kappa shape index (κ1) is 16.0. The van der Waals surface area contributed by atoms with Crippen molar-refractivity contribution in [2.75, 3.05) is 0 Å². The SMILES string of the molecule is Cc1ncc(CN[C@H]2C3CCCCC3[C@@H]2c2ccc(Cl)cc2)cn1. The van der Waals surface area contributed by atoms with Crippen LogP contribution in [0.3, 0.4) is 0 Å². The minimum absolute atomic E-state index is 0.553. The van der Waals surface area contributed by atoms with Gasteiger partial charge in [0.2, 0.25) is 0 Å². The summed E-state index contributed by atoms with van der Waals surface area (Å²) in [6, 6.07) is 9.02. The van der Waals surface area contributed by atoms with E-state index in [9.17, 15) is 0 Å². The first-order valence-electron chi connectivity index (χ1n) is 8.99. The van der Waals surface area contributed by atoms with Crippen molar-refractivity contribution in [2.24, 2.45) is 11.8 Å². The molecule has 2 aliphatic rings. The van der Waals surface area contributed by atoms with Crippen LogP contribution < -0.4 is 5.32 Å². The Labute approximate surface area is 148 Å². The van der Waals surface area contributed by atoms with Gasteiger partial charge < -0.3 is 5.32 Å². The zero-order chi connectivity index (χ0) is 16.5. The van der Waals surface area contributed by atoms with Gasteiger partial charge in [0.15, 0.2) is 0 Å². The summed E-state index contributed by atoms with van der Waals surface area (Å²) in [5.74, 6) is 3.07. The van der Waals surface area contributed by atoms with Gasteiger partial charge in [0, 0.05) is 41.5 Å². The van der Waals surface area contributed by atoms with Gasteiger partial charge in [0.05, 0.1) is 0 Å². The number of benzene rings is 1. The summed E-state index contributed by atoms with van der Waals surface area (Å²) in [5, 5.41) is 4.62. The summed E-state index contributed by atoms with van der Waals surface area (Å²) in [7, 11) is 0. The first-order chi connectivity index (χ1) is 11.7. The third-order valence-electron chi connectivity index (χ3n) is 5.82. The van der Waals surface area contributed by atoms with E-state index in [0.29, 0.717) is 12.0 Å². The Morgan fingerprint density at radius 1 is 1.04 bits per heavy atom. The van der Waals surface area contributed by atoms with Crippen LogP contribution in [0.15, 0.2) is 36.7 Å². The van der Waals surface area contributed by atoms with Gasteiger partial charge in [-0.15, -0.1) is 0 Å². The molecule has 1 N–H and O–H groups in total. The predicted molar refractivity (Wildman–Crippen MR) is 97.0 cm³/mol. The fourth-order valence-corrected chi connectivity index (χ4v) is 4.76. The summed E-state index contributed by atoms with van der Waals surface area (Å²) < 4.78 is 0. The average Bonchev–Trinajstić information content (AvgIpc) is 2.59. The number of hydrogen-bond acceptors (Lipinski definition) is 3. The monoisotopic (exact) mass is 341 g/mol. The normalized spacial score (nSPS) is 28.9. The van der Waals surface area contributed by atoms with E-state index in [1.54, 1.807) is 0 Å². The van der Waals surface area contributed by atoms with Crippen LogP contribution in [0.1, 0.15) is 48.6 Å². The van der Waals surface area contributed by atoms with E-state index in [2.05, 4.69) is 27.4 Å². The van der Waals surface area contributed by atoms with Crippen molar-refractivity contribution in [3.63, 3.8) is 0 Å². The summed E-state index contributed by atoms with van der Waals surface area (Å²) in [6.07, 6.45) is 9.35. The Kier molecular flexibility index (Phi) is 4.55. The summed E-state index contributed by atoms with van der Waals surface area (Å²) in [5.41, 5.74) is 2.59. The second kappa shape index (κ2) is 6.81. The van der Waals surface area contributed by atoms with E-state index < -0.39 is 0 Å². The summed E-state index contributed by atoms with van der Waals surface area (Å²) in [4.78, 5) is 8.61. The van der Waals surface area contributed by atoms with Crippen LogP contribution in [-0.4, -0.2) is 16.0 Å². The molecular weight excluding hydrogens is 318 g/mol. The lowest BCUT2D eigenvalue weighted by Crippen LogP contribution is -2.57. The third kappa shape index (κ3) is 3.07. The molecule has 2 unspecified atom stereocenters. The highest BCUT2D eigenvalue weighted by molar-refractivity contribution is 6.30. The Morgan fingerprint density at radius 2 is 1.71 bits per heavy atom. The molecule has 3 nitrogen and oxygen atoms in total. The minimum Gasteiger partial charge on any atom is -0.309 e. The molecule has 2 fully saturated rings. The van der Waals surface area contributed by atoms with E-state index in [0.717, 1.165) is 34.8 Å². The Balaban J connectivity index is 1.50. The second-order valence-electron chi connectivity index (χ2n) is 7.23. The van der Waals surface area contributed by atoms with Gasteiger partial charge in [-0.05, 0) is 49.3 Å². The van der Waals surface area contributed by atoms with Crippen molar-refractivity contribution >= 4 is 11.6 Å². The fraction of sp³-hybridized carbons (Fsp3) is 0.500. The lowest BCUT2D eigenvalue weighted by atomic mass is 9.53. The predicted octanol–water partition coefficient (Wildman–Crippen LogP) is 4.50. The van der Waals surface area contributed by atoms with Crippen LogP contribution in [-0.2, 0) is 6.54 Å². The molecule has 4 heteroatoms. The number of aryl methyl sites for hydroxylation is 1. The molecule has 1 aromatic carbocycles. The number of fused-ring (bicyclic) bond motifs is 1. The van der Waals surface area contributed by atoms with Crippen LogP contribution in [0.25, 0.3) is 0 Å². The molecule has 0 bridgehead atoms. The van der Waals surface area contributed by atoms with Crippen molar-refractivity contribution in [1.82, 2.24) is 15.3 Å². The molecule has 1 heterocycles. The smallest absolute Gasteiger partial charge is 0.125 e. The quantitative estimate of drug-likeness (QED) is 0.889. The number of halogens is 1. The lowest BCUT2D eigenvalue weighted by molar-refractivity contribution is 0.0254. The van der Waals surface area contributed by atoms with E-state index >= 15 is 0 Å². The van der Waals surface area contributed by atoms with Gasteiger partial charge in [0.1, 0.15) is 5.82 Å². The van der Waals surface area contributed by atoms with Crippen molar-refractivity contribution < 1.29 is 0 Å². The molecule has 0 radical (unpaired) electrons. The highest BCUT2D eigenvalue weighted by atomic mass is 35.5. The van der Waals surface area contributed by atoms with E-state index in [4.69, 9.17) is 11.6 Å². The largest absolute Gasteiger partial charge is 0.309 e. The highest BCUT2D eigenvalue weighted by Crippen LogP contribution is 2.54. The summed E-state index contributed by atoms with van der Waals surface area (Å²) >= 11 is 6.08. The molecule has 2 saturated carbocycles. The topological polar surface area (TPSA) is 37.8 Å². The van der Waals surface area contributed by atoms with Gasteiger partial charge in [-0.25, -0.2) is 9.97 Å². The van der Waals surface area contributed by atoms with Crippen molar-refractivity contribution in [3.8, 4) is 0 Å². The molecule has 1 aromatic heterocycles. The molecule has 24 heavy (non-hydrogen) atoms. The minimum atomic E-state index is 0.553. The maximum atomic E-state index is 6.08. The van der Waals surface area contributed by atoms with E-state index in [1.165, 1.54) is 31.2 Å². The first-order valence-corrected chi connectivity index (χ1v) is 9.36. The Bertz CT molecular complexity index is 683. The summed E-state index contributed by atoms with van der Waals surface area (Å²) in [6.45, 7) is 2.77. The van der Waals surface area contributed by atoms with Gasteiger partial charge in [-0.3, -0.25) is 0 Å². The number of rotatable bonds is 4. The number of aromatic nitrogens is 2. The number of hydrogen-bond donors (Lipinski definition) is 1. The van der Waals surface area contributed by atoms with E-state index in [-0.39, 0.29) is 0 Å². The van der Waals surface area contributed by atoms with Crippen LogP contribution in [0.2, 0.25) is 5.02 Å². The Morgan fingerprint density at radius 3 is 2.42 bits per heavy atom. The maximum absolute atomic E-state index is 6.08. The van der Waals surface area contributed by atoms with E-state index in [1.807, 2.05) is 31.5 Å². The molecule has 0 amide bonds. The average molecular weight is 342 g/mol. The zero-order valence-corrected chi connectivity index (χ0v) is 14.8. The Hall–Kier alpha value is -1.45. The fourth-order valence-electron chi connectivity index (χ4n) is 4.63. The lowest BCUT2D eigenvalue weighted by Gasteiger charge is -2.55. The van der Waals surface area contributed by atoms with Gasteiger partial charge in [0.25, 0.3) is 0 Å². The van der Waals surface area contributed by atoms with Crippen LogP contribution >= 0.6 is 11.6 Å². The number of nitrogens with zero attached hydrogens (tertiary/aromatic N) is 2.